The molecule has 6 fully saturated rings. The fraction of sp³-hybridized carbons (Fsp3) is 0.911. The van der Waals surface area contributed by atoms with Crippen molar-refractivity contribution in [3.05, 3.63) is 0 Å². The van der Waals surface area contributed by atoms with E-state index in [2.05, 4.69) is 21.3 Å². The second kappa shape index (κ2) is 28.4. The van der Waals surface area contributed by atoms with E-state index in [1.807, 2.05) is 0 Å². The van der Waals surface area contributed by atoms with Gasteiger partial charge in [0.1, 0.15) is 134 Å². The average Bonchev–Trinajstić information content (AvgIpc) is 3.49. The maximum atomic E-state index is 12.8. The van der Waals surface area contributed by atoms with Crippen LogP contribution in [0.3, 0.4) is 0 Å². The molecule has 6 saturated heterocycles. The lowest BCUT2D eigenvalue weighted by Crippen LogP contribution is -2.72. The molecule has 34 heteroatoms. The minimum Gasteiger partial charge on any atom is -0.394 e. The molecule has 6 rings (SSSR count). The van der Waals surface area contributed by atoms with Gasteiger partial charge in [-0.1, -0.05) is 0 Å². The number of hydrogen-bond donors (Lipinski definition) is 18. The third-order valence-electron chi connectivity index (χ3n) is 14.3. The second-order valence-corrected chi connectivity index (χ2v) is 20.0. The van der Waals surface area contributed by atoms with E-state index in [0.717, 1.165) is 27.7 Å². The van der Waals surface area contributed by atoms with Crippen molar-refractivity contribution in [2.24, 2.45) is 5.73 Å². The van der Waals surface area contributed by atoms with Gasteiger partial charge in [-0.25, -0.2) is 0 Å². The van der Waals surface area contributed by atoms with Crippen molar-refractivity contribution in [3.63, 3.8) is 0 Å². The summed E-state index contributed by atoms with van der Waals surface area (Å²) in [6, 6.07) is -8.17. The Morgan fingerprint density at radius 2 is 0.772 bits per heavy atom. The first kappa shape index (κ1) is 65.0. The highest BCUT2D eigenvalue weighted by molar-refractivity contribution is 5.74. The molecule has 6 aliphatic heterocycles. The number of nitrogens with one attached hydrogen (secondary N) is 4. The fourth-order valence-corrected chi connectivity index (χ4v) is 10.3. The molecule has 30 atom stereocenters. The van der Waals surface area contributed by atoms with Crippen molar-refractivity contribution in [2.75, 3.05) is 40.1 Å². The molecule has 19 N–H and O–H groups in total. The van der Waals surface area contributed by atoms with Crippen LogP contribution in [0.5, 0.6) is 0 Å². The molecule has 0 aromatic heterocycles. The Morgan fingerprint density at radius 3 is 1.15 bits per heavy atom. The first-order chi connectivity index (χ1) is 37.3. The average molecular weight is 1150 g/mol. The Kier molecular flexibility index (Phi) is 23.4. The molecule has 0 aromatic rings. The van der Waals surface area contributed by atoms with E-state index in [0.29, 0.717) is 0 Å². The maximum absolute atomic E-state index is 12.8. The molecule has 0 spiro atoms. The highest BCUT2D eigenvalue weighted by atomic mass is 16.8. The number of aliphatic hydroxyl groups is 13. The van der Waals surface area contributed by atoms with Crippen molar-refractivity contribution in [2.45, 2.75) is 219 Å². The predicted molar refractivity (Wildman–Crippen MR) is 251 cm³/mol. The zero-order chi connectivity index (χ0) is 58.5. The molecule has 79 heavy (non-hydrogen) atoms. The second-order valence-electron chi connectivity index (χ2n) is 20.0. The van der Waals surface area contributed by atoms with Crippen molar-refractivity contribution in [1.82, 2.24) is 21.3 Å². The molecule has 6 aliphatic rings. The number of carbonyl (C=O) groups is 4. The van der Waals surface area contributed by atoms with Crippen LogP contribution < -0.4 is 27.0 Å². The Balaban J connectivity index is 1.23. The number of nitrogens with two attached hydrogens (primary N) is 1. The van der Waals surface area contributed by atoms with Crippen molar-refractivity contribution in [1.29, 1.82) is 0 Å². The first-order valence-corrected chi connectivity index (χ1v) is 25.4. The summed E-state index contributed by atoms with van der Waals surface area (Å²) in [4.78, 5) is 50.3. The van der Waals surface area contributed by atoms with Gasteiger partial charge in [-0.15, -0.1) is 0 Å². The third-order valence-corrected chi connectivity index (χ3v) is 14.3. The highest BCUT2D eigenvalue weighted by Gasteiger charge is 2.58. The van der Waals surface area contributed by atoms with E-state index in [4.69, 9.17) is 62.6 Å². The fourth-order valence-electron chi connectivity index (χ4n) is 10.3. The lowest BCUT2D eigenvalue weighted by atomic mass is 9.93. The summed E-state index contributed by atoms with van der Waals surface area (Å²) < 4.78 is 70.6. The van der Waals surface area contributed by atoms with Gasteiger partial charge in [-0.05, 0) is 6.92 Å². The molecule has 34 nitrogen and oxygen atoms in total. The number of methoxy groups -OCH3 is 1. The minimum absolute atomic E-state index is 0.627. The normalized spacial score (nSPS) is 46.7. The molecular weight excluding hydrogens is 1070 g/mol. The Morgan fingerprint density at radius 1 is 0.418 bits per heavy atom. The topological polar surface area (TPSA) is 516 Å². The maximum Gasteiger partial charge on any atom is 0.217 e. The van der Waals surface area contributed by atoms with Gasteiger partial charge in [0.25, 0.3) is 0 Å². The Bertz CT molecular complexity index is 1990. The zero-order valence-corrected chi connectivity index (χ0v) is 43.8. The summed E-state index contributed by atoms with van der Waals surface area (Å²) in [5.74, 6) is -3.12. The monoisotopic (exact) mass is 1150 g/mol. The Labute approximate surface area is 451 Å². The van der Waals surface area contributed by atoms with E-state index in [9.17, 15) is 85.6 Å². The molecule has 456 valence electrons. The first-order valence-electron chi connectivity index (χ1n) is 25.4. The van der Waals surface area contributed by atoms with Crippen molar-refractivity contribution in [3.8, 4) is 0 Å². The lowest BCUT2D eigenvalue weighted by molar-refractivity contribution is -0.368. The van der Waals surface area contributed by atoms with Crippen LogP contribution in [0.25, 0.3) is 0 Å². The predicted octanol–water partition coefficient (Wildman–Crippen LogP) is -11.9. The van der Waals surface area contributed by atoms with Gasteiger partial charge in [0.2, 0.25) is 23.6 Å². The molecule has 0 aromatic carbocycles. The summed E-state index contributed by atoms with van der Waals surface area (Å²) in [6.07, 6.45) is -41.7. The van der Waals surface area contributed by atoms with Gasteiger partial charge < -0.3 is 150 Å². The van der Waals surface area contributed by atoms with Gasteiger partial charge in [0, 0.05) is 34.8 Å². The van der Waals surface area contributed by atoms with Gasteiger partial charge >= 0.3 is 0 Å². The minimum atomic E-state index is -2.02. The van der Waals surface area contributed by atoms with E-state index >= 15 is 0 Å². The van der Waals surface area contributed by atoms with Crippen LogP contribution in [-0.2, 0) is 76.0 Å². The van der Waals surface area contributed by atoms with Crippen molar-refractivity contribution >= 4 is 23.6 Å². The number of hydrogen-bond acceptors (Lipinski definition) is 30. The Hall–Kier alpha value is -3.16. The molecule has 6 heterocycles. The number of rotatable bonds is 20. The summed E-state index contributed by atoms with van der Waals surface area (Å²) in [5.41, 5.74) is 6.04. The van der Waals surface area contributed by atoms with Gasteiger partial charge in [-0.2, -0.15) is 0 Å². The van der Waals surface area contributed by atoms with Crippen LogP contribution in [0.1, 0.15) is 34.6 Å². The third kappa shape index (κ3) is 14.8. The SMILES string of the molecule is CO[C@@H]1[C@H](OC[C@H]2OC(O)[C@H](NC(C)=O)[C@@H](O)[C@@H]2O[C@@H]2O[C@H](CO)[C@@H](O[C@@H]3O[C@H](CO)[C@@H](O[C@@H]4O[C@H](CO)[C@@H](O[C@@H]5O[C@H](CO)[C@@H](O)[C@H](O)[C@H]5N)[C@H](O)[C@H]4NC(C)=O)[C@H](O)[C@H]3NC(C)=O)[C@H](O)[C@H]2NC(C)=O)O[C@@H](C)[C@@H](O)[C@H]1O. The number of aliphatic hydroxyl groups excluding tert-OH is 13. The van der Waals surface area contributed by atoms with Crippen molar-refractivity contribution < 1.29 is 142 Å². The summed E-state index contributed by atoms with van der Waals surface area (Å²) in [5, 5.41) is 152. The largest absolute Gasteiger partial charge is 0.394 e. The van der Waals surface area contributed by atoms with E-state index in [1.165, 1.54) is 14.0 Å². The molecular formula is C45H77N5O29. The summed E-state index contributed by atoms with van der Waals surface area (Å²) in [7, 11) is 1.21. The van der Waals surface area contributed by atoms with E-state index in [-0.39, 0.29) is 0 Å². The molecule has 0 saturated carbocycles. The van der Waals surface area contributed by atoms with Crippen LogP contribution in [0.15, 0.2) is 0 Å². The highest BCUT2D eigenvalue weighted by Crippen LogP contribution is 2.36. The molecule has 0 aliphatic carbocycles. The summed E-state index contributed by atoms with van der Waals surface area (Å²) >= 11 is 0. The smallest absolute Gasteiger partial charge is 0.217 e. The zero-order valence-electron chi connectivity index (χ0n) is 43.8. The summed E-state index contributed by atoms with van der Waals surface area (Å²) in [6.45, 7) is 1.30. The molecule has 0 bridgehead atoms. The molecule has 4 amide bonds. The van der Waals surface area contributed by atoms with E-state index in [1.54, 1.807) is 0 Å². The van der Waals surface area contributed by atoms with Crippen LogP contribution in [-0.4, -0.2) is 314 Å². The number of ether oxygens (including phenoxy) is 12. The van der Waals surface area contributed by atoms with Crippen LogP contribution in [0, 0.1) is 0 Å². The quantitative estimate of drug-likeness (QED) is 0.0538. The molecule has 1 unspecified atom stereocenters. The standard InChI is InChI=1S/C45H77N5O29/c1-12-27(59)34(66)39(68-6)45(70-12)69-11-21-38(30(62)23(40(67)71-21)47-13(2)55)79-44-26(50-16(5)58)33(65)37(20(10-54)75-44)78-43-25(49-15(4)57)32(64)36(19(9-53)74-43)77-42-24(48-14(3)56)31(63)35(18(8-52)73-42)76-41-22(46)29(61)28(60)17(7-51)72-41/h12,17-45,51-54,59-67H,7-11,46H2,1-6H3,(H,47,55)(H,48,56)(H,49,57)(H,50,58)/t12-,17+,18+,19+,20+,21+,22+,23+,24+,25+,26+,27+,28+,29+,30+,31+,32+,33+,34+,35+,36+,37+,38+,39-,40?,41-,42-,43-,44-,45+/m0/s1. The molecule has 0 radical (unpaired) electrons. The van der Waals surface area contributed by atoms with Gasteiger partial charge in [0.05, 0.1) is 45.2 Å². The van der Waals surface area contributed by atoms with Gasteiger partial charge in [-0.3, -0.25) is 19.2 Å². The van der Waals surface area contributed by atoms with Gasteiger partial charge in [0.15, 0.2) is 37.7 Å². The van der Waals surface area contributed by atoms with Crippen LogP contribution in [0.2, 0.25) is 0 Å². The van der Waals surface area contributed by atoms with E-state index < -0.39 is 241 Å². The lowest BCUT2D eigenvalue weighted by Gasteiger charge is -2.51. The van der Waals surface area contributed by atoms with Crippen LogP contribution in [0.4, 0.5) is 0 Å². The number of carbonyl (C=O) groups excluding carboxylic acids is 4. The number of amides is 4. The van der Waals surface area contributed by atoms with Crippen LogP contribution >= 0.6 is 0 Å².